The molecule has 1 aliphatic rings. The van der Waals surface area contributed by atoms with E-state index >= 15 is 0 Å². The van der Waals surface area contributed by atoms with Gasteiger partial charge in [0.2, 0.25) is 0 Å². The Morgan fingerprint density at radius 3 is 1.29 bits per heavy atom. The highest BCUT2D eigenvalue weighted by atomic mass is 19.1. The number of benzene rings is 3. The maximum absolute atomic E-state index is 14.2. The molecule has 0 N–H and O–H groups in total. The predicted molar refractivity (Wildman–Crippen MR) is 239 cm³/mol. The summed E-state index contributed by atoms with van der Waals surface area (Å²) in [6.07, 6.45) is 41.5. The van der Waals surface area contributed by atoms with Crippen molar-refractivity contribution >= 4 is 0 Å². The molecule has 0 unspecified atom stereocenters. The van der Waals surface area contributed by atoms with Crippen molar-refractivity contribution in [2.45, 2.75) is 200 Å². The van der Waals surface area contributed by atoms with E-state index in [2.05, 4.69) is 49.4 Å². The number of unbranched alkanes of at least 4 members (excludes halogenated alkanes) is 28. The Morgan fingerprint density at radius 2 is 0.804 bits per heavy atom. The fourth-order valence-electron chi connectivity index (χ4n) is 8.56. The molecule has 3 aromatic carbocycles. The lowest BCUT2D eigenvalue weighted by molar-refractivity contribution is 0.125. The molecule has 311 valence electrons. The molecule has 1 aliphatic carbocycles. The van der Waals surface area contributed by atoms with Crippen LogP contribution in [0.1, 0.15) is 216 Å². The molecule has 0 amide bonds. The van der Waals surface area contributed by atoms with Crippen molar-refractivity contribution in [2.24, 2.45) is 0 Å². The summed E-state index contributed by atoms with van der Waals surface area (Å²) in [4.78, 5) is 0. The van der Waals surface area contributed by atoms with Crippen molar-refractivity contribution in [2.75, 3.05) is 19.8 Å². The Labute approximate surface area is 344 Å². The van der Waals surface area contributed by atoms with Crippen LogP contribution in [-0.4, -0.2) is 19.8 Å². The topological polar surface area (TPSA) is 18.5 Å². The Bertz CT molecular complexity index is 1400. The van der Waals surface area contributed by atoms with Crippen molar-refractivity contribution in [1.82, 2.24) is 0 Å². The quantitative estimate of drug-likeness (QED) is 0.0429. The number of halogens is 1. The van der Waals surface area contributed by atoms with Gasteiger partial charge in [-0.05, 0) is 71.3 Å². The summed E-state index contributed by atoms with van der Waals surface area (Å²) in [6.45, 7) is 4.95. The second-order valence-corrected chi connectivity index (χ2v) is 16.9. The summed E-state index contributed by atoms with van der Waals surface area (Å²) in [5, 5.41) is 0. The van der Waals surface area contributed by atoms with E-state index in [1.54, 1.807) is 12.1 Å². The summed E-state index contributed by atoms with van der Waals surface area (Å²) >= 11 is 0. The molecule has 0 aromatic heterocycles. The fourth-order valence-corrected chi connectivity index (χ4v) is 8.56. The average Bonchev–Trinajstić information content (AvgIpc) is 3.54. The summed E-state index contributed by atoms with van der Waals surface area (Å²) in [5.41, 5.74) is 5.59. The van der Waals surface area contributed by atoms with E-state index in [1.165, 1.54) is 203 Å². The molecule has 0 spiro atoms. The highest BCUT2D eigenvalue weighted by molar-refractivity contribution is 5.87. The van der Waals surface area contributed by atoms with Crippen LogP contribution < -0.4 is 4.74 Å². The van der Waals surface area contributed by atoms with Gasteiger partial charge in [-0.3, -0.25) is 0 Å². The predicted octanol–water partition coefficient (Wildman–Crippen LogP) is 16.9. The molecule has 4 rings (SSSR count). The summed E-state index contributed by atoms with van der Waals surface area (Å²) in [7, 11) is 0. The molecular weight excluding hydrogens is 688 g/mol. The van der Waals surface area contributed by atoms with Gasteiger partial charge in [-0.2, -0.15) is 0 Å². The minimum absolute atomic E-state index is 0.208. The largest absolute Gasteiger partial charge is 0.494 e. The fraction of sp³-hybridized carbons (Fsp3) is 0.642. The van der Waals surface area contributed by atoms with Crippen LogP contribution in [0.15, 0.2) is 66.7 Å². The molecule has 0 fully saturated rings. The number of hydrogen-bond acceptors (Lipinski definition) is 2. The van der Waals surface area contributed by atoms with Crippen LogP contribution in [0.4, 0.5) is 4.39 Å². The Kier molecular flexibility index (Phi) is 25.0. The van der Waals surface area contributed by atoms with E-state index in [9.17, 15) is 4.39 Å². The number of fused-ring (bicyclic) bond motifs is 3. The lowest BCUT2D eigenvalue weighted by atomic mass is 9.89. The first-order valence-electron chi connectivity index (χ1n) is 23.9. The average molecular weight is 768 g/mol. The lowest BCUT2D eigenvalue weighted by Gasteiger charge is -2.15. The van der Waals surface area contributed by atoms with Gasteiger partial charge in [0, 0.05) is 13.2 Å². The first-order valence-corrected chi connectivity index (χ1v) is 23.9. The maximum atomic E-state index is 14.2. The first kappa shape index (κ1) is 46.0. The third-order valence-corrected chi connectivity index (χ3v) is 12.0. The highest BCUT2D eigenvalue weighted by Crippen LogP contribution is 2.48. The zero-order valence-corrected chi connectivity index (χ0v) is 35.9. The minimum atomic E-state index is -0.208. The Hall–Kier alpha value is -2.65. The molecule has 1 radical (unpaired) electrons. The van der Waals surface area contributed by atoms with Crippen LogP contribution in [0.5, 0.6) is 5.75 Å². The van der Waals surface area contributed by atoms with Crippen molar-refractivity contribution in [3.8, 4) is 16.9 Å². The Balaban J connectivity index is 0.854. The highest BCUT2D eigenvalue weighted by Gasteiger charge is 2.31. The standard InChI is InChI=1S/C53H80FO2/c1-2-3-4-5-6-7-8-9-10-11-12-13-14-15-16-17-20-23-26-31-41-55-42-32-27-24-21-18-19-22-25-28-33-43-56-48-39-40-50-49-37-29-30-38-51(49)53(52(50)45-48)46-35-34-36-47(54)44-46/h29-30,34-40,44-45H,2-28,31-33,41-43H2,1H3. The first-order chi connectivity index (χ1) is 27.8. The molecule has 2 nitrogen and oxygen atoms in total. The normalized spacial score (nSPS) is 12.3. The van der Waals surface area contributed by atoms with Crippen molar-refractivity contribution in [3.63, 3.8) is 0 Å². The van der Waals surface area contributed by atoms with Crippen LogP contribution in [0.2, 0.25) is 0 Å². The zero-order valence-electron chi connectivity index (χ0n) is 35.9. The van der Waals surface area contributed by atoms with Crippen LogP contribution in [0, 0.1) is 11.7 Å². The van der Waals surface area contributed by atoms with Gasteiger partial charge in [0.05, 0.1) is 12.5 Å². The molecule has 3 heteroatoms. The van der Waals surface area contributed by atoms with Gasteiger partial charge in [-0.15, -0.1) is 0 Å². The second-order valence-electron chi connectivity index (χ2n) is 16.9. The van der Waals surface area contributed by atoms with Crippen molar-refractivity contribution in [3.05, 3.63) is 95.2 Å². The van der Waals surface area contributed by atoms with E-state index < -0.39 is 0 Å². The summed E-state index contributed by atoms with van der Waals surface area (Å²) in [5.74, 6) is 1.78. The minimum Gasteiger partial charge on any atom is -0.494 e. The number of hydrogen-bond donors (Lipinski definition) is 0. The van der Waals surface area contributed by atoms with E-state index in [1.807, 2.05) is 6.07 Å². The van der Waals surface area contributed by atoms with Gasteiger partial charge < -0.3 is 9.47 Å². The summed E-state index contributed by atoms with van der Waals surface area (Å²) < 4.78 is 26.3. The molecule has 56 heavy (non-hydrogen) atoms. The van der Waals surface area contributed by atoms with E-state index in [0.717, 1.165) is 54.6 Å². The van der Waals surface area contributed by atoms with Crippen LogP contribution in [-0.2, 0) is 4.74 Å². The van der Waals surface area contributed by atoms with Crippen LogP contribution in [0.25, 0.3) is 11.1 Å². The van der Waals surface area contributed by atoms with E-state index in [4.69, 9.17) is 9.47 Å². The van der Waals surface area contributed by atoms with Crippen LogP contribution >= 0.6 is 0 Å². The number of ether oxygens (including phenoxy) is 2. The van der Waals surface area contributed by atoms with Crippen LogP contribution in [0.3, 0.4) is 0 Å². The van der Waals surface area contributed by atoms with E-state index in [-0.39, 0.29) is 5.82 Å². The molecule has 0 aliphatic heterocycles. The lowest BCUT2D eigenvalue weighted by Crippen LogP contribution is -2.02. The van der Waals surface area contributed by atoms with Crippen molar-refractivity contribution < 1.29 is 13.9 Å². The van der Waals surface area contributed by atoms with E-state index in [0.29, 0.717) is 0 Å². The monoisotopic (exact) mass is 768 g/mol. The number of rotatable bonds is 36. The van der Waals surface area contributed by atoms with Gasteiger partial charge >= 0.3 is 0 Å². The molecule has 0 saturated carbocycles. The third kappa shape index (κ3) is 18.7. The molecular formula is C53H80FO2. The molecule has 3 aromatic rings. The Morgan fingerprint density at radius 1 is 0.375 bits per heavy atom. The molecule has 0 bridgehead atoms. The molecule has 0 saturated heterocycles. The SMILES string of the molecule is CCCCCCCCCCCCCCCCCCCCCCOCCCCCCCCCCCCOc1ccc2c(c1)[C](c1cccc(F)c1)c1ccccc1-2. The summed E-state index contributed by atoms with van der Waals surface area (Å²) in [6, 6.07) is 21.7. The van der Waals surface area contributed by atoms with Gasteiger partial charge in [-0.1, -0.05) is 223 Å². The van der Waals surface area contributed by atoms with Crippen molar-refractivity contribution in [1.29, 1.82) is 0 Å². The third-order valence-electron chi connectivity index (χ3n) is 12.0. The molecule has 0 heterocycles. The molecule has 0 atom stereocenters. The maximum Gasteiger partial charge on any atom is 0.123 e. The van der Waals surface area contributed by atoms with Gasteiger partial charge in [-0.25, -0.2) is 4.39 Å². The smallest absolute Gasteiger partial charge is 0.123 e. The van der Waals surface area contributed by atoms with Gasteiger partial charge in [0.15, 0.2) is 0 Å². The van der Waals surface area contributed by atoms with Gasteiger partial charge in [0.1, 0.15) is 11.6 Å². The second kappa shape index (κ2) is 30.4. The van der Waals surface area contributed by atoms with Gasteiger partial charge in [0.25, 0.3) is 0 Å². The zero-order chi connectivity index (χ0) is 39.1.